The number of sulfonamides is 1. The second-order valence-electron chi connectivity index (χ2n) is 8.95. The maximum Gasteiger partial charge on any atom is 0.243 e. The second kappa shape index (κ2) is 14.5. The Balaban J connectivity index is 1.71. The molecule has 39 heavy (non-hydrogen) atoms. The van der Waals surface area contributed by atoms with E-state index in [0.717, 1.165) is 11.1 Å². The Morgan fingerprint density at radius 1 is 0.846 bits per heavy atom. The maximum atomic E-state index is 13.4. The van der Waals surface area contributed by atoms with E-state index in [2.05, 4.69) is 15.4 Å². The van der Waals surface area contributed by atoms with E-state index in [-0.39, 0.29) is 30.5 Å². The van der Waals surface area contributed by atoms with Crippen LogP contribution < -0.4 is 21.1 Å². The first kappa shape index (κ1) is 29.9. The third-order valence-electron chi connectivity index (χ3n) is 5.82. The number of hydrogen-bond acceptors (Lipinski definition) is 6. The van der Waals surface area contributed by atoms with E-state index >= 15 is 0 Å². The summed E-state index contributed by atoms with van der Waals surface area (Å²) in [6, 6.07) is 22.7. The Bertz CT molecular complexity index is 1350. The number of rotatable bonds is 14. The summed E-state index contributed by atoms with van der Waals surface area (Å²) in [6.45, 7) is 0.217. The van der Waals surface area contributed by atoms with E-state index in [4.69, 9.17) is 11.1 Å². The van der Waals surface area contributed by atoms with Crippen molar-refractivity contribution in [3.05, 3.63) is 107 Å². The summed E-state index contributed by atoms with van der Waals surface area (Å²) in [5, 5.41) is 13.0. The zero-order chi connectivity index (χ0) is 28.3. The summed E-state index contributed by atoms with van der Waals surface area (Å²) >= 11 is 1.39. The Morgan fingerprint density at radius 2 is 1.44 bits per heavy atom. The minimum absolute atomic E-state index is 0.0437. The van der Waals surface area contributed by atoms with Crippen LogP contribution in [0.1, 0.15) is 22.3 Å². The highest BCUT2D eigenvalue weighted by atomic mass is 32.2. The molecule has 0 aliphatic rings. The number of hydrogen-bond donors (Lipinski definition) is 5. The maximum absolute atomic E-state index is 13.4. The Labute approximate surface area is 233 Å². The van der Waals surface area contributed by atoms with Crippen LogP contribution in [-0.4, -0.2) is 50.2 Å². The monoisotopic (exact) mass is 567 g/mol. The number of nitrogens with two attached hydrogens (primary N) is 1. The summed E-state index contributed by atoms with van der Waals surface area (Å²) < 4.78 is 28.5. The Hall–Kier alpha value is -3.67. The van der Waals surface area contributed by atoms with Crippen molar-refractivity contribution in [1.82, 2.24) is 15.4 Å². The molecule has 0 heterocycles. The van der Waals surface area contributed by atoms with Crippen molar-refractivity contribution >= 4 is 39.4 Å². The van der Waals surface area contributed by atoms with Crippen molar-refractivity contribution in [1.29, 1.82) is 5.41 Å². The molecule has 0 aromatic heterocycles. The number of amidine groups is 1. The van der Waals surface area contributed by atoms with Crippen LogP contribution in [0.5, 0.6) is 0 Å². The fourth-order valence-corrected chi connectivity index (χ4v) is 5.73. The highest BCUT2D eigenvalue weighted by Gasteiger charge is 2.29. The number of thioether (sulfide) groups is 1. The van der Waals surface area contributed by atoms with Crippen LogP contribution in [-0.2, 0) is 38.3 Å². The van der Waals surface area contributed by atoms with Crippen molar-refractivity contribution in [2.75, 3.05) is 12.0 Å². The molecule has 6 N–H and O–H groups in total. The number of nitrogens with one attached hydrogen (secondary N) is 4. The predicted octanol–water partition coefficient (Wildman–Crippen LogP) is 2.17. The van der Waals surface area contributed by atoms with Crippen LogP contribution in [0.4, 0.5) is 0 Å². The van der Waals surface area contributed by atoms with E-state index in [1.54, 1.807) is 54.6 Å². The van der Waals surface area contributed by atoms with E-state index in [0.29, 0.717) is 16.9 Å². The number of carbonyl (C=O) groups excluding carboxylic acids is 2. The Kier molecular flexibility index (Phi) is 11.1. The van der Waals surface area contributed by atoms with E-state index in [9.17, 15) is 18.0 Å². The molecule has 0 saturated heterocycles. The number of amides is 2. The molecule has 2 unspecified atom stereocenters. The van der Waals surface area contributed by atoms with Crippen LogP contribution in [0.15, 0.2) is 84.9 Å². The highest BCUT2D eigenvalue weighted by molar-refractivity contribution is 7.98. The van der Waals surface area contributed by atoms with E-state index in [1.807, 2.05) is 36.6 Å². The second-order valence-corrected chi connectivity index (χ2v) is 11.6. The van der Waals surface area contributed by atoms with Crippen LogP contribution in [0.3, 0.4) is 0 Å². The molecule has 0 bridgehead atoms. The van der Waals surface area contributed by atoms with Gasteiger partial charge < -0.3 is 16.4 Å². The van der Waals surface area contributed by atoms with Gasteiger partial charge in [0.05, 0.1) is 5.75 Å². The third kappa shape index (κ3) is 9.86. The number of carbonyl (C=O) groups is 2. The van der Waals surface area contributed by atoms with Gasteiger partial charge in [-0.1, -0.05) is 84.9 Å². The van der Waals surface area contributed by atoms with E-state index in [1.165, 1.54) is 11.8 Å². The molecule has 3 aromatic rings. The van der Waals surface area contributed by atoms with E-state index < -0.39 is 28.0 Å². The average molecular weight is 568 g/mol. The van der Waals surface area contributed by atoms with Crippen molar-refractivity contribution in [2.45, 2.75) is 30.8 Å². The van der Waals surface area contributed by atoms with Gasteiger partial charge in [-0.05, 0) is 29.4 Å². The molecule has 0 saturated carbocycles. The standard InChI is InChI=1S/C28H33N5O4S2/c1-38-18-25(27(34)31-17-21-12-14-23(15-13-21)26(29)30)32-28(35)24(16-20-8-4-2-5-9-20)33-39(36,37)19-22-10-6-3-7-11-22/h2-15,24-25,33H,16-19H2,1H3,(H3,29,30)(H,31,34)(H,32,35). The molecule has 2 amide bonds. The van der Waals surface area contributed by atoms with Gasteiger partial charge in [-0.3, -0.25) is 15.0 Å². The zero-order valence-electron chi connectivity index (χ0n) is 21.6. The zero-order valence-corrected chi connectivity index (χ0v) is 23.2. The van der Waals surface area contributed by atoms with Crippen molar-refractivity contribution in [3.8, 4) is 0 Å². The molecule has 9 nitrogen and oxygen atoms in total. The van der Waals surface area contributed by atoms with Crippen molar-refractivity contribution < 1.29 is 18.0 Å². The quantitative estimate of drug-likeness (QED) is 0.149. The lowest BCUT2D eigenvalue weighted by atomic mass is 10.1. The van der Waals surface area contributed by atoms with Gasteiger partial charge in [0.2, 0.25) is 21.8 Å². The highest BCUT2D eigenvalue weighted by Crippen LogP contribution is 2.10. The van der Waals surface area contributed by atoms with Gasteiger partial charge in [0.15, 0.2) is 0 Å². The van der Waals surface area contributed by atoms with Crippen molar-refractivity contribution in [3.63, 3.8) is 0 Å². The first-order valence-electron chi connectivity index (χ1n) is 12.2. The third-order valence-corrected chi connectivity index (χ3v) is 7.84. The lowest BCUT2D eigenvalue weighted by Crippen LogP contribution is -2.55. The molecule has 0 spiro atoms. The fourth-order valence-electron chi connectivity index (χ4n) is 3.83. The van der Waals surface area contributed by atoms with Crippen LogP contribution in [0, 0.1) is 5.41 Å². The topological polar surface area (TPSA) is 154 Å². The number of benzene rings is 3. The Morgan fingerprint density at radius 3 is 2.00 bits per heavy atom. The van der Waals surface area contributed by atoms with Crippen molar-refractivity contribution in [2.24, 2.45) is 5.73 Å². The van der Waals surface area contributed by atoms with Gasteiger partial charge in [0, 0.05) is 17.9 Å². The molecule has 0 radical (unpaired) electrons. The van der Waals surface area contributed by atoms with Gasteiger partial charge in [0.1, 0.15) is 17.9 Å². The summed E-state index contributed by atoms with van der Waals surface area (Å²) in [5.41, 5.74) is 8.24. The van der Waals surface area contributed by atoms with Gasteiger partial charge in [-0.2, -0.15) is 11.8 Å². The molecule has 0 aliphatic carbocycles. The molecule has 3 aromatic carbocycles. The van der Waals surface area contributed by atoms with Gasteiger partial charge >= 0.3 is 0 Å². The van der Waals surface area contributed by atoms with Gasteiger partial charge in [-0.15, -0.1) is 0 Å². The molecule has 0 fully saturated rings. The molecule has 3 rings (SSSR count). The lowest BCUT2D eigenvalue weighted by Gasteiger charge is -2.23. The van der Waals surface area contributed by atoms with Gasteiger partial charge in [0.25, 0.3) is 0 Å². The summed E-state index contributed by atoms with van der Waals surface area (Å²) in [6.07, 6.45) is 1.94. The fraction of sp³-hybridized carbons (Fsp3) is 0.250. The number of nitrogen functional groups attached to an aromatic ring is 1. The first-order chi connectivity index (χ1) is 18.7. The summed E-state index contributed by atoms with van der Waals surface area (Å²) in [7, 11) is -3.86. The average Bonchev–Trinajstić information content (AvgIpc) is 2.92. The largest absolute Gasteiger partial charge is 0.384 e. The molecule has 0 aliphatic heterocycles. The molecular weight excluding hydrogens is 534 g/mol. The van der Waals surface area contributed by atoms with Crippen LogP contribution in [0.25, 0.3) is 0 Å². The summed E-state index contributed by atoms with van der Waals surface area (Å²) in [5.74, 6) is -0.994. The first-order valence-corrected chi connectivity index (χ1v) is 15.3. The lowest BCUT2D eigenvalue weighted by molar-refractivity contribution is -0.129. The SMILES string of the molecule is CSCC(NC(=O)C(Cc1ccccc1)NS(=O)(=O)Cc1ccccc1)C(=O)NCc1ccc(C(=N)N)cc1. The predicted molar refractivity (Wildman–Crippen MR) is 156 cm³/mol. The molecule has 206 valence electrons. The van der Waals surface area contributed by atoms with Gasteiger partial charge in [-0.25, -0.2) is 13.1 Å². The summed E-state index contributed by atoms with van der Waals surface area (Å²) in [4.78, 5) is 26.4. The minimum Gasteiger partial charge on any atom is -0.384 e. The minimum atomic E-state index is -3.86. The normalized spacial score (nSPS) is 12.7. The van der Waals surface area contributed by atoms with Crippen LogP contribution in [0.2, 0.25) is 0 Å². The molecule has 11 heteroatoms. The smallest absolute Gasteiger partial charge is 0.243 e. The molecule has 2 atom stereocenters. The molecular formula is C28H33N5O4S2. The van der Waals surface area contributed by atoms with Crippen LogP contribution >= 0.6 is 11.8 Å².